The molecule has 0 aliphatic rings. The van der Waals surface area contributed by atoms with E-state index in [1.54, 1.807) is 18.2 Å². The molecule has 0 unspecified atom stereocenters. The van der Waals surface area contributed by atoms with E-state index >= 15 is 0 Å². The Morgan fingerprint density at radius 1 is 1.21 bits per heavy atom. The van der Waals surface area contributed by atoms with Crippen LogP contribution in [0.3, 0.4) is 0 Å². The summed E-state index contributed by atoms with van der Waals surface area (Å²) in [5.74, 6) is 1.08. The first-order valence-electron chi connectivity index (χ1n) is 11.2. The van der Waals surface area contributed by atoms with E-state index in [4.69, 9.17) is 16.3 Å². The first kappa shape index (κ1) is 24.8. The Labute approximate surface area is 200 Å². The number of carbonyl (C=O) groups is 1. The predicted octanol–water partition coefficient (Wildman–Crippen LogP) is 5.15. The summed E-state index contributed by atoms with van der Waals surface area (Å²) in [6.07, 6.45) is 3.31. The minimum Gasteiger partial charge on any atom is -0.492 e. The molecule has 0 aliphatic carbocycles. The average Bonchev–Trinajstić information content (AvgIpc) is 3.29. The molecule has 7 heteroatoms. The number of aromatic amines is 1. The van der Waals surface area contributed by atoms with Crippen LogP contribution >= 0.6 is 11.6 Å². The second-order valence-electron chi connectivity index (χ2n) is 9.13. The quantitative estimate of drug-likeness (QED) is 0.404. The summed E-state index contributed by atoms with van der Waals surface area (Å²) in [7, 11) is 0. The van der Waals surface area contributed by atoms with Crippen molar-refractivity contribution in [3.05, 3.63) is 70.5 Å². The molecule has 1 amide bonds. The van der Waals surface area contributed by atoms with Crippen molar-refractivity contribution >= 4 is 17.5 Å². The van der Waals surface area contributed by atoms with Gasteiger partial charge < -0.3 is 20.1 Å². The number of benzene rings is 2. The standard InChI is InChI=1S/C26H32ClN3O3/c1-5-12-33-22-11-10-19(14-21(22)27)25(32)29-20(16-31)13-17-6-8-18(9-7-17)24-28-15-23(30-24)26(2,3)4/h6-11,14-15,20,31H,5,12-13,16H2,1-4H3,(H,28,30)(H,29,32)/t20-/m0/s1. The van der Waals surface area contributed by atoms with Crippen LogP contribution < -0.4 is 10.1 Å². The number of imidazole rings is 1. The summed E-state index contributed by atoms with van der Waals surface area (Å²) in [6.45, 7) is 8.78. The molecule has 0 saturated carbocycles. The summed E-state index contributed by atoms with van der Waals surface area (Å²) < 4.78 is 5.55. The molecule has 1 aromatic heterocycles. The van der Waals surface area contributed by atoms with Gasteiger partial charge in [0.25, 0.3) is 5.91 Å². The molecule has 1 atom stereocenters. The van der Waals surface area contributed by atoms with E-state index in [0.717, 1.165) is 29.1 Å². The van der Waals surface area contributed by atoms with Gasteiger partial charge >= 0.3 is 0 Å². The zero-order chi connectivity index (χ0) is 24.0. The molecule has 3 rings (SSSR count). The van der Waals surface area contributed by atoms with Gasteiger partial charge in [-0.2, -0.15) is 0 Å². The van der Waals surface area contributed by atoms with Crippen LogP contribution in [0.1, 0.15) is 55.7 Å². The van der Waals surface area contributed by atoms with Crippen LogP contribution in [-0.4, -0.2) is 40.2 Å². The number of hydrogen-bond acceptors (Lipinski definition) is 4. The number of halogens is 1. The molecule has 3 aromatic rings. The van der Waals surface area contributed by atoms with Crippen molar-refractivity contribution in [1.82, 2.24) is 15.3 Å². The fourth-order valence-electron chi connectivity index (χ4n) is 3.34. The minimum absolute atomic E-state index is 0.0195. The Balaban J connectivity index is 1.63. The Kier molecular flexibility index (Phi) is 8.16. The third-order valence-electron chi connectivity index (χ3n) is 5.27. The molecule has 0 bridgehead atoms. The fraction of sp³-hybridized carbons (Fsp3) is 0.385. The normalized spacial score (nSPS) is 12.4. The van der Waals surface area contributed by atoms with E-state index in [0.29, 0.717) is 29.4 Å². The maximum absolute atomic E-state index is 12.7. The molecule has 33 heavy (non-hydrogen) atoms. The number of carbonyl (C=O) groups excluding carboxylic acids is 1. The number of hydrogen-bond donors (Lipinski definition) is 3. The van der Waals surface area contributed by atoms with E-state index in [1.807, 2.05) is 37.4 Å². The second kappa shape index (κ2) is 10.9. The molecule has 0 spiro atoms. The van der Waals surface area contributed by atoms with Crippen LogP contribution in [0, 0.1) is 0 Å². The van der Waals surface area contributed by atoms with Crippen LogP contribution in [0.4, 0.5) is 0 Å². The van der Waals surface area contributed by atoms with Gasteiger partial charge in [-0.1, -0.05) is 63.6 Å². The lowest BCUT2D eigenvalue weighted by Gasteiger charge is -2.17. The average molecular weight is 470 g/mol. The monoisotopic (exact) mass is 469 g/mol. The zero-order valence-electron chi connectivity index (χ0n) is 19.6. The Bertz CT molecular complexity index is 1070. The highest BCUT2D eigenvalue weighted by Crippen LogP contribution is 2.26. The molecular weight excluding hydrogens is 438 g/mol. The second-order valence-corrected chi connectivity index (χ2v) is 9.54. The molecule has 0 fully saturated rings. The van der Waals surface area contributed by atoms with Gasteiger partial charge in [-0.15, -0.1) is 0 Å². The summed E-state index contributed by atoms with van der Waals surface area (Å²) in [5, 5.41) is 13.1. The van der Waals surface area contributed by atoms with E-state index in [2.05, 4.69) is 36.1 Å². The molecular formula is C26H32ClN3O3. The van der Waals surface area contributed by atoms with Crippen molar-refractivity contribution in [2.24, 2.45) is 0 Å². The number of nitrogens with one attached hydrogen (secondary N) is 2. The van der Waals surface area contributed by atoms with Crippen LogP contribution in [0.15, 0.2) is 48.7 Å². The number of aromatic nitrogens is 2. The largest absolute Gasteiger partial charge is 0.492 e. The number of ether oxygens (including phenoxy) is 1. The van der Waals surface area contributed by atoms with Gasteiger partial charge in [-0.25, -0.2) is 4.98 Å². The van der Waals surface area contributed by atoms with Crippen LogP contribution in [0.25, 0.3) is 11.4 Å². The number of aliphatic hydroxyl groups excluding tert-OH is 1. The molecule has 6 nitrogen and oxygen atoms in total. The molecule has 0 aliphatic heterocycles. The van der Waals surface area contributed by atoms with Crippen molar-refractivity contribution in [2.75, 3.05) is 13.2 Å². The van der Waals surface area contributed by atoms with E-state index in [1.165, 1.54) is 0 Å². The van der Waals surface area contributed by atoms with Gasteiger partial charge in [0.2, 0.25) is 0 Å². The first-order chi connectivity index (χ1) is 15.7. The molecule has 2 aromatic carbocycles. The van der Waals surface area contributed by atoms with Gasteiger partial charge in [0, 0.05) is 22.7 Å². The van der Waals surface area contributed by atoms with Gasteiger partial charge in [-0.05, 0) is 36.6 Å². The van der Waals surface area contributed by atoms with Crippen molar-refractivity contribution in [3.63, 3.8) is 0 Å². The lowest BCUT2D eigenvalue weighted by molar-refractivity contribution is 0.0916. The third-order valence-corrected chi connectivity index (χ3v) is 5.56. The van der Waals surface area contributed by atoms with Crippen LogP contribution in [0.2, 0.25) is 5.02 Å². The predicted molar refractivity (Wildman–Crippen MR) is 132 cm³/mol. The number of aliphatic hydroxyl groups is 1. The highest BCUT2D eigenvalue weighted by molar-refractivity contribution is 6.32. The van der Waals surface area contributed by atoms with Crippen molar-refractivity contribution in [1.29, 1.82) is 0 Å². The molecule has 176 valence electrons. The number of amides is 1. The highest BCUT2D eigenvalue weighted by Gasteiger charge is 2.18. The molecule has 0 radical (unpaired) electrons. The van der Waals surface area contributed by atoms with Gasteiger partial charge in [0.15, 0.2) is 0 Å². The number of rotatable bonds is 9. The fourth-order valence-corrected chi connectivity index (χ4v) is 3.57. The summed E-state index contributed by atoms with van der Waals surface area (Å²) in [4.78, 5) is 20.6. The smallest absolute Gasteiger partial charge is 0.251 e. The maximum Gasteiger partial charge on any atom is 0.251 e. The van der Waals surface area contributed by atoms with Gasteiger partial charge in [-0.3, -0.25) is 4.79 Å². The number of nitrogens with zero attached hydrogens (tertiary/aromatic N) is 1. The molecule has 3 N–H and O–H groups in total. The van der Waals surface area contributed by atoms with E-state index in [9.17, 15) is 9.90 Å². The Morgan fingerprint density at radius 2 is 1.94 bits per heavy atom. The zero-order valence-corrected chi connectivity index (χ0v) is 20.4. The maximum atomic E-state index is 12.7. The van der Waals surface area contributed by atoms with Crippen LogP contribution in [-0.2, 0) is 11.8 Å². The molecule has 1 heterocycles. The van der Waals surface area contributed by atoms with Crippen molar-refractivity contribution in [2.45, 2.75) is 52.0 Å². The summed E-state index contributed by atoms with van der Waals surface area (Å²) in [6, 6.07) is 12.5. The third kappa shape index (κ3) is 6.59. The highest BCUT2D eigenvalue weighted by atomic mass is 35.5. The first-order valence-corrected chi connectivity index (χ1v) is 11.6. The topological polar surface area (TPSA) is 87.2 Å². The summed E-state index contributed by atoms with van der Waals surface area (Å²) >= 11 is 6.24. The summed E-state index contributed by atoms with van der Waals surface area (Å²) in [5.41, 5.74) is 3.40. The van der Waals surface area contributed by atoms with E-state index < -0.39 is 6.04 Å². The van der Waals surface area contributed by atoms with Gasteiger partial charge in [0.05, 0.1) is 30.0 Å². The minimum atomic E-state index is -0.422. The van der Waals surface area contributed by atoms with E-state index in [-0.39, 0.29) is 17.9 Å². The Hall–Kier alpha value is -2.83. The number of H-pyrrole nitrogens is 1. The lowest BCUT2D eigenvalue weighted by atomic mass is 9.93. The van der Waals surface area contributed by atoms with Crippen molar-refractivity contribution < 1.29 is 14.6 Å². The lowest BCUT2D eigenvalue weighted by Crippen LogP contribution is -2.39. The Morgan fingerprint density at radius 3 is 2.52 bits per heavy atom. The van der Waals surface area contributed by atoms with Crippen LogP contribution in [0.5, 0.6) is 5.75 Å². The van der Waals surface area contributed by atoms with Crippen molar-refractivity contribution in [3.8, 4) is 17.1 Å². The van der Waals surface area contributed by atoms with Gasteiger partial charge in [0.1, 0.15) is 11.6 Å². The molecule has 0 saturated heterocycles. The SMILES string of the molecule is CCCOc1ccc(C(=O)N[C@H](CO)Cc2ccc(-c3nc(C(C)(C)C)c[nH]3)cc2)cc1Cl.